The average Bonchev–Trinajstić information content (AvgIpc) is 3.12. The van der Waals surface area contributed by atoms with Crippen molar-refractivity contribution in [2.45, 2.75) is 225 Å². The average molecular weight is 815 g/mol. The van der Waals surface area contributed by atoms with Gasteiger partial charge in [-0.25, -0.2) is 4.57 Å². The number of esters is 2. The zero-order valence-electron chi connectivity index (χ0n) is 38.2. The van der Waals surface area contributed by atoms with Gasteiger partial charge in [-0.2, -0.15) is 0 Å². The van der Waals surface area contributed by atoms with Gasteiger partial charge < -0.3 is 20.3 Å². The first-order valence-electron chi connectivity index (χ1n) is 22.8. The van der Waals surface area contributed by atoms with Gasteiger partial charge in [0, 0.05) is 12.8 Å². The van der Waals surface area contributed by atoms with E-state index in [0.29, 0.717) is 17.4 Å². The molecule has 0 heterocycles. The standard InChI is InChI=1S/C44H88NO8P.Na.H/c1-6-8-10-12-14-16-18-20-22-24-26-28-30-32-34-36-43(46)50-40-42(41-52-54(48,49)51-39-38-45(3,4)5)53-44(47)37-35-33-31-29-27-25-23-21-19-17-15-13-11-9-7-2;;/h42H,6-41H2,1-5H3;;/q;+1;-1/p+1/t42-;;/m1../s1. The molecule has 0 aliphatic rings. The Bertz CT molecular complexity index is 911. The third-order valence-corrected chi connectivity index (χ3v) is 11.1. The van der Waals surface area contributed by atoms with Crippen molar-refractivity contribution in [1.82, 2.24) is 0 Å². The minimum Gasteiger partial charge on any atom is -1.00 e. The summed E-state index contributed by atoms with van der Waals surface area (Å²) in [4.78, 5) is 35.4. The fraction of sp³-hybridized carbons (Fsp3) is 0.955. The molecule has 0 aliphatic carbocycles. The summed E-state index contributed by atoms with van der Waals surface area (Å²) in [6.07, 6.45) is 37.1. The smallest absolute Gasteiger partial charge is 1.00 e. The number of carbonyl (C=O) groups excluding carboxylic acids is 2. The number of phosphoric acid groups is 1. The predicted octanol–water partition coefficient (Wildman–Crippen LogP) is 9.92. The number of likely N-dealkylation sites (N-methyl/N-ethyl adjacent to an activating group) is 1. The van der Waals surface area contributed by atoms with E-state index in [1.165, 1.54) is 154 Å². The van der Waals surface area contributed by atoms with Crippen molar-refractivity contribution < 1.29 is 73.0 Å². The molecule has 0 radical (unpaired) electrons. The summed E-state index contributed by atoms with van der Waals surface area (Å²) in [6, 6.07) is 0. The normalized spacial score (nSPS) is 13.3. The Hall–Kier alpha value is 0.0100. The number of carbonyl (C=O) groups is 2. The Kier molecular flexibility index (Phi) is 42.3. The molecule has 0 aromatic rings. The molecule has 0 aliphatic heterocycles. The van der Waals surface area contributed by atoms with Crippen molar-refractivity contribution in [3.05, 3.63) is 0 Å². The number of rotatable bonds is 42. The van der Waals surface area contributed by atoms with Crippen LogP contribution in [-0.2, 0) is 32.7 Å². The Labute approximate surface area is 363 Å². The molecule has 0 aromatic carbocycles. The fourth-order valence-electron chi connectivity index (χ4n) is 6.54. The molecule has 0 amide bonds. The molecule has 55 heavy (non-hydrogen) atoms. The van der Waals surface area contributed by atoms with Gasteiger partial charge in [-0.1, -0.05) is 194 Å². The van der Waals surface area contributed by atoms with Gasteiger partial charge in [0.25, 0.3) is 0 Å². The second kappa shape index (κ2) is 40.8. The van der Waals surface area contributed by atoms with E-state index < -0.39 is 26.5 Å². The molecule has 1 unspecified atom stereocenters. The molecule has 0 spiro atoms. The quantitative estimate of drug-likeness (QED) is 0.0213. The number of unbranched alkanes of at least 4 members (excludes halogenated alkanes) is 28. The van der Waals surface area contributed by atoms with Crippen molar-refractivity contribution in [2.75, 3.05) is 47.5 Å². The number of hydrogen-bond donors (Lipinski definition) is 1. The molecule has 0 saturated carbocycles. The number of quaternary nitrogens is 1. The Balaban J connectivity index is -0.0000140. The largest absolute Gasteiger partial charge is 1.00 e. The minimum atomic E-state index is -4.37. The predicted molar refractivity (Wildman–Crippen MR) is 226 cm³/mol. The molecular formula is C44H90NNaO8P+. The summed E-state index contributed by atoms with van der Waals surface area (Å²) in [5, 5.41) is 0. The first-order valence-corrected chi connectivity index (χ1v) is 24.3. The van der Waals surface area contributed by atoms with E-state index in [1.807, 2.05) is 21.1 Å². The Morgan fingerprint density at radius 3 is 1.20 bits per heavy atom. The maximum atomic E-state index is 12.7. The third kappa shape index (κ3) is 45.0. The van der Waals surface area contributed by atoms with Crippen molar-refractivity contribution in [1.29, 1.82) is 0 Å². The molecule has 9 nitrogen and oxygen atoms in total. The summed E-state index contributed by atoms with van der Waals surface area (Å²) in [7, 11) is 1.49. The van der Waals surface area contributed by atoms with Gasteiger partial charge in [0.15, 0.2) is 6.10 Å². The van der Waals surface area contributed by atoms with Crippen LogP contribution in [0.15, 0.2) is 0 Å². The number of phosphoric ester groups is 1. The topological polar surface area (TPSA) is 108 Å². The van der Waals surface area contributed by atoms with Gasteiger partial charge in [-0.05, 0) is 12.8 Å². The molecule has 0 rings (SSSR count). The van der Waals surface area contributed by atoms with E-state index in [2.05, 4.69) is 13.8 Å². The van der Waals surface area contributed by atoms with Crippen LogP contribution in [0.2, 0.25) is 0 Å². The number of hydrogen-bond acceptors (Lipinski definition) is 7. The van der Waals surface area contributed by atoms with Gasteiger partial charge in [-0.15, -0.1) is 0 Å². The Morgan fingerprint density at radius 2 is 0.855 bits per heavy atom. The van der Waals surface area contributed by atoms with Crippen molar-refractivity contribution in [3.63, 3.8) is 0 Å². The summed E-state index contributed by atoms with van der Waals surface area (Å²) in [5.74, 6) is -0.782. The van der Waals surface area contributed by atoms with E-state index in [9.17, 15) is 19.0 Å². The van der Waals surface area contributed by atoms with Gasteiger partial charge in [0.05, 0.1) is 27.7 Å². The maximum Gasteiger partial charge on any atom is 1.00 e. The van der Waals surface area contributed by atoms with Crippen molar-refractivity contribution >= 4 is 19.8 Å². The maximum absolute atomic E-state index is 12.7. The first kappa shape index (κ1) is 57.1. The molecular weight excluding hydrogens is 724 g/mol. The van der Waals surface area contributed by atoms with Crippen LogP contribution >= 0.6 is 7.82 Å². The van der Waals surface area contributed by atoms with Crippen LogP contribution in [0, 0.1) is 0 Å². The molecule has 0 saturated heterocycles. The molecule has 0 fully saturated rings. The molecule has 0 bridgehead atoms. The molecule has 11 heteroatoms. The monoisotopic (exact) mass is 815 g/mol. The van der Waals surface area contributed by atoms with Crippen LogP contribution in [0.3, 0.4) is 0 Å². The first-order chi connectivity index (χ1) is 26.0. The van der Waals surface area contributed by atoms with Crippen LogP contribution in [0.4, 0.5) is 0 Å². The van der Waals surface area contributed by atoms with Gasteiger partial charge >= 0.3 is 49.3 Å². The van der Waals surface area contributed by atoms with Crippen LogP contribution in [0.25, 0.3) is 0 Å². The van der Waals surface area contributed by atoms with Crippen LogP contribution in [-0.4, -0.2) is 74.9 Å². The Morgan fingerprint density at radius 1 is 0.527 bits per heavy atom. The minimum absolute atomic E-state index is 0. The summed E-state index contributed by atoms with van der Waals surface area (Å²) in [6.45, 7) is 4.46. The molecule has 324 valence electrons. The van der Waals surface area contributed by atoms with Gasteiger partial charge in [0.2, 0.25) is 0 Å². The SMILES string of the molecule is CCCCCCCCCCCCCCCCCC(=O)OC[C@H](COP(=O)(O)OCC[N+](C)(C)C)OC(=O)CCCCCCCCCCCCCCCCC.[H-].[Na+]. The van der Waals surface area contributed by atoms with Gasteiger partial charge in [0.1, 0.15) is 19.8 Å². The van der Waals surface area contributed by atoms with Crippen LogP contribution < -0.4 is 29.6 Å². The van der Waals surface area contributed by atoms with E-state index in [-0.39, 0.29) is 56.6 Å². The molecule has 0 aromatic heterocycles. The fourth-order valence-corrected chi connectivity index (χ4v) is 7.29. The number of ether oxygens (including phenoxy) is 2. The number of nitrogens with zero attached hydrogens (tertiary/aromatic N) is 1. The van der Waals surface area contributed by atoms with E-state index in [0.717, 1.165) is 38.5 Å². The zero-order valence-corrected chi connectivity index (χ0v) is 40.1. The second-order valence-electron chi connectivity index (χ2n) is 16.8. The summed E-state index contributed by atoms with van der Waals surface area (Å²) >= 11 is 0. The second-order valence-corrected chi connectivity index (χ2v) is 18.3. The van der Waals surface area contributed by atoms with Gasteiger partial charge in [-0.3, -0.25) is 18.6 Å². The van der Waals surface area contributed by atoms with E-state index in [4.69, 9.17) is 18.5 Å². The molecule has 1 N–H and O–H groups in total. The van der Waals surface area contributed by atoms with E-state index >= 15 is 0 Å². The summed E-state index contributed by atoms with van der Waals surface area (Å²) in [5.41, 5.74) is 0. The van der Waals surface area contributed by atoms with Crippen LogP contribution in [0.5, 0.6) is 0 Å². The summed E-state index contributed by atoms with van der Waals surface area (Å²) < 4.78 is 34.3. The van der Waals surface area contributed by atoms with E-state index in [1.54, 1.807) is 0 Å². The van der Waals surface area contributed by atoms with Crippen molar-refractivity contribution in [3.8, 4) is 0 Å². The zero-order chi connectivity index (χ0) is 40.0. The third-order valence-electron chi connectivity index (χ3n) is 10.1. The van der Waals surface area contributed by atoms with Crippen LogP contribution in [0.1, 0.15) is 221 Å². The van der Waals surface area contributed by atoms with Crippen molar-refractivity contribution in [2.24, 2.45) is 0 Å². The molecule has 2 atom stereocenters.